The van der Waals surface area contributed by atoms with Crippen LogP contribution in [0.3, 0.4) is 0 Å². The highest BCUT2D eigenvalue weighted by Crippen LogP contribution is 2.14. The second kappa shape index (κ2) is 4.82. The van der Waals surface area contributed by atoms with Gasteiger partial charge in [-0.25, -0.2) is 4.98 Å². The topological polar surface area (TPSA) is 57.8 Å². The lowest BCUT2D eigenvalue weighted by molar-refractivity contribution is 0.0943. The maximum absolute atomic E-state index is 11.7. The van der Waals surface area contributed by atoms with Crippen LogP contribution in [0, 0.1) is 0 Å². The van der Waals surface area contributed by atoms with Gasteiger partial charge in [-0.05, 0) is 26.0 Å². The van der Waals surface area contributed by atoms with Crippen molar-refractivity contribution in [2.75, 3.05) is 0 Å². The molecule has 0 spiro atoms. The van der Waals surface area contributed by atoms with Gasteiger partial charge < -0.3 is 10.3 Å². The van der Waals surface area contributed by atoms with Gasteiger partial charge in [0.2, 0.25) is 0 Å². The van der Waals surface area contributed by atoms with Crippen LogP contribution in [-0.2, 0) is 0 Å². The van der Waals surface area contributed by atoms with Gasteiger partial charge in [-0.3, -0.25) is 4.79 Å². The fraction of sp³-hybridized carbons (Fsp3) is 0.231. The molecule has 4 heteroatoms. The maximum atomic E-state index is 11.7. The van der Waals surface area contributed by atoms with E-state index in [1.54, 1.807) is 24.5 Å². The van der Waals surface area contributed by atoms with Gasteiger partial charge in [-0.1, -0.05) is 12.1 Å². The van der Waals surface area contributed by atoms with Crippen molar-refractivity contribution in [2.45, 2.75) is 19.9 Å². The highest BCUT2D eigenvalue weighted by Gasteiger charge is 2.07. The summed E-state index contributed by atoms with van der Waals surface area (Å²) in [6.45, 7) is 3.88. The number of aromatic amines is 1. The summed E-state index contributed by atoms with van der Waals surface area (Å²) < 4.78 is 0. The molecule has 0 atom stereocenters. The normalized spacial score (nSPS) is 10.5. The van der Waals surface area contributed by atoms with E-state index in [2.05, 4.69) is 15.3 Å². The first-order valence-electron chi connectivity index (χ1n) is 5.57. The van der Waals surface area contributed by atoms with Gasteiger partial charge in [-0.15, -0.1) is 0 Å². The predicted molar refractivity (Wildman–Crippen MR) is 66.6 cm³/mol. The van der Waals surface area contributed by atoms with E-state index >= 15 is 0 Å². The molecule has 0 radical (unpaired) electrons. The molecule has 4 nitrogen and oxygen atoms in total. The zero-order chi connectivity index (χ0) is 12.3. The van der Waals surface area contributed by atoms with Crippen LogP contribution in [0.2, 0.25) is 0 Å². The standard InChI is InChI=1S/C13H15N3O/c1-9(2)16-13(17)11-5-3-10(4-6-11)12-14-7-8-15-12/h3-9H,1-2H3,(H,14,15)(H,16,17). The third kappa shape index (κ3) is 2.72. The van der Waals surface area contributed by atoms with Gasteiger partial charge in [0.25, 0.3) is 5.91 Å². The number of hydrogen-bond donors (Lipinski definition) is 2. The molecule has 0 aliphatic rings. The van der Waals surface area contributed by atoms with Crippen molar-refractivity contribution in [3.05, 3.63) is 42.2 Å². The number of H-pyrrole nitrogens is 1. The van der Waals surface area contributed by atoms with Crippen LogP contribution in [0.15, 0.2) is 36.7 Å². The number of hydrogen-bond acceptors (Lipinski definition) is 2. The Morgan fingerprint density at radius 1 is 1.29 bits per heavy atom. The zero-order valence-electron chi connectivity index (χ0n) is 9.90. The Bertz CT molecular complexity index is 486. The molecular formula is C13H15N3O. The lowest BCUT2D eigenvalue weighted by Gasteiger charge is -2.08. The van der Waals surface area contributed by atoms with Crippen LogP contribution in [0.1, 0.15) is 24.2 Å². The molecule has 0 saturated carbocycles. The first-order valence-corrected chi connectivity index (χ1v) is 5.57. The molecule has 0 fully saturated rings. The monoisotopic (exact) mass is 229 g/mol. The summed E-state index contributed by atoms with van der Waals surface area (Å²) in [5.41, 5.74) is 1.63. The van der Waals surface area contributed by atoms with Gasteiger partial charge in [0.1, 0.15) is 5.82 Å². The van der Waals surface area contributed by atoms with E-state index in [0.29, 0.717) is 5.56 Å². The van der Waals surface area contributed by atoms with Gasteiger partial charge in [0, 0.05) is 29.6 Å². The Labute approximate surface area is 100 Å². The van der Waals surface area contributed by atoms with E-state index in [1.165, 1.54) is 0 Å². The molecule has 2 N–H and O–H groups in total. The Morgan fingerprint density at radius 3 is 2.53 bits per heavy atom. The van der Waals surface area contributed by atoms with E-state index in [1.807, 2.05) is 26.0 Å². The largest absolute Gasteiger partial charge is 0.350 e. The molecule has 0 aliphatic heterocycles. The number of aromatic nitrogens is 2. The molecule has 88 valence electrons. The van der Waals surface area contributed by atoms with Crippen LogP contribution < -0.4 is 5.32 Å². The Balaban J connectivity index is 2.16. The quantitative estimate of drug-likeness (QED) is 0.847. The zero-order valence-corrected chi connectivity index (χ0v) is 9.90. The second-order valence-electron chi connectivity index (χ2n) is 4.14. The summed E-state index contributed by atoms with van der Waals surface area (Å²) in [6, 6.07) is 7.51. The van der Waals surface area contributed by atoms with E-state index in [4.69, 9.17) is 0 Å². The molecule has 0 aliphatic carbocycles. The molecule has 1 heterocycles. The fourth-order valence-corrected chi connectivity index (χ4v) is 1.55. The minimum Gasteiger partial charge on any atom is -0.350 e. The molecule has 0 bridgehead atoms. The summed E-state index contributed by atoms with van der Waals surface area (Å²) in [5, 5.41) is 2.85. The molecule has 2 rings (SSSR count). The van der Waals surface area contributed by atoms with Crippen molar-refractivity contribution >= 4 is 5.91 Å². The molecule has 0 unspecified atom stereocenters. The molecule has 0 saturated heterocycles. The number of rotatable bonds is 3. The van der Waals surface area contributed by atoms with Crippen molar-refractivity contribution in [3.63, 3.8) is 0 Å². The number of carbonyl (C=O) groups excluding carboxylic acids is 1. The van der Waals surface area contributed by atoms with E-state index < -0.39 is 0 Å². The summed E-state index contributed by atoms with van der Waals surface area (Å²) in [7, 11) is 0. The molecular weight excluding hydrogens is 214 g/mol. The summed E-state index contributed by atoms with van der Waals surface area (Å²) >= 11 is 0. The molecule has 1 aromatic heterocycles. The minimum atomic E-state index is -0.0500. The third-order valence-electron chi connectivity index (χ3n) is 2.34. The Morgan fingerprint density at radius 2 is 2.00 bits per heavy atom. The first-order chi connectivity index (χ1) is 8.16. The van der Waals surface area contributed by atoms with Crippen molar-refractivity contribution in [1.29, 1.82) is 0 Å². The summed E-state index contributed by atoms with van der Waals surface area (Å²) in [5.74, 6) is 0.756. The molecule has 1 amide bonds. The van der Waals surface area contributed by atoms with Crippen molar-refractivity contribution in [1.82, 2.24) is 15.3 Å². The van der Waals surface area contributed by atoms with Gasteiger partial charge in [-0.2, -0.15) is 0 Å². The van der Waals surface area contributed by atoms with Crippen molar-refractivity contribution in [2.24, 2.45) is 0 Å². The lowest BCUT2D eigenvalue weighted by atomic mass is 10.1. The van der Waals surface area contributed by atoms with E-state index in [0.717, 1.165) is 11.4 Å². The second-order valence-corrected chi connectivity index (χ2v) is 4.14. The maximum Gasteiger partial charge on any atom is 0.251 e. The third-order valence-corrected chi connectivity index (χ3v) is 2.34. The number of benzene rings is 1. The highest BCUT2D eigenvalue weighted by molar-refractivity contribution is 5.94. The van der Waals surface area contributed by atoms with Crippen LogP contribution in [0.4, 0.5) is 0 Å². The molecule has 17 heavy (non-hydrogen) atoms. The minimum absolute atomic E-state index is 0.0500. The predicted octanol–water partition coefficient (Wildman–Crippen LogP) is 2.21. The van der Waals surface area contributed by atoms with E-state index in [9.17, 15) is 4.79 Å². The number of nitrogens with one attached hydrogen (secondary N) is 2. The van der Waals surface area contributed by atoms with Crippen LogP contribution in [0.5, 0.6) is 0 Å². The number of carbonyl (C=O) groups is 1. The molecule has 2 aromatic rings. The number of amides is 1. The fourth-order valence-electron chi connectivity index (χ4n) is 1.55. The highest BCUT2D eigenvalue weighted by atomic mass is 16.1. The molecule has 1 aromatic carbocycles. The van der Waals surface area contributed by atoms with Crippen LogP contribution >= 0.6 is 0 Å². The Hall–Kier alpha value is -2.10. The lowest BCUT2D eigenvalue weighted by Crippen LogP contribution is -2.29. The average Bonchev–Trinajstić information content (AvgIpc) is 2.82. The first kappa shape index (κ1) is 11.4. The van der Waals surface area contributed by atoms with Gasteiger partial charge >= 0.3 is 0 Å². The van der Waals surface area contributed by atoms with Gasteiger partial charge in [0.05, 0.1) is 0 Å². The SMILES string of the molecule is CC(C)NC(=O)c1ccc(-c2ncc[nH]2)cc1. The van der Waals surface area contributed by atoms with Gasteiger partial charge in [0.15, 0.2) is 0 Å². The van der Waals surface area contributed by atoms with E-state index in [-0.39, 0.29) is 11.9 Å². The summed E-state index contributed by atoms with van der Waals surface area (Å²) in [6.07, 6.45) is 3.48. The smallest absolute Gasteiger partial charge is 0.251 e. The van der Waals surface area contributed by atoms with Crippen molar-refractivity contribution < 1.29 is 4.79 Å². The summed E-state index contributed by atoms with van der Waals surface area (Å²) in [4.78, 5) is 18.9. The number of imidazole rings is 1. The van der Waals surface area contributed by atoms with Crippen LogP contribution in [0.25, 0.3) is 11.4 Å². The Kier molecular flexibility index (Phi) is 3.23. The van der Waals surface area contributed by atoms with Crippen molar-refractivity contribution in [3.8, 4) is 11.4 Å². The average molecular weight is 229 g/mol. The van der Waals surface area contributed by atoms with Crippen LogP contribution in [-0.4, -0.2) is 21.9 Å². The number of nitrogens with zero attached hydrogens (tertiary/aromatic N) is 1.